The highest BCUT2D eigenvalue weighted by atomic mass is 16.3. The molecule has 0 aliphatic heterocycles. The molecule has 5 nitrogen and oxygen atoms in total. The Labute approximate surface area is 117 Å². The van der Waals surface area contributed by atoms with Gasteiger partial charge in [0, 0.05) is 37.3 Å². The van der Waals surface area contributed by atoms with E-state index in [9.17, 15) is 0 Å². The first-order valence-electron chi connectivity index (χ1n) is 6.64. The van der Waals surface area contributed by atoms with Gasteiger partial charge in [-0.3, -0.25) is 4.98 Å². The van der Waals surface area contributed by atoms with Crippen LogP contribution >= 0.6 is 0 Å². The maximum Gasteiger partial charge on any atom is 0.160 e. The van der Waals surface area contributed by atoms with Crippen LogP contribution in [-0.2, 0) is 6.54 Å². The van der Waals surface area contributed by atoms with Gasteiger partial charge in [-0.25, -0.2) is 9.97 Å². The summed E-state index contributed by atoms with van der Waals surface area (Å²) in [6, 6.07) is 5.90. The summed E-state index contributed by atoms with van der Waals surface area (Å²) in [5.41, 5.74) is 3.77. The topological polar surface area (TPSA) is 63.8 Å². The lowest BCUT2D eigenvalue weighted by Gasteiger charge is -2.07. The standard InChI is InChI=1S/C15H16N4O/c1-11-8-13-15(17-9-11)19(6-3-7-20)14(18-13)12-4-2-5-16-10-12/h2,4-5,8-10,20H,3,6-7H2,1H3. The molecule has 0 atom stereocenters. The zero-order chi connectivity index (χ0) is 13.9. The molecule has 0 aliphatic rings. The van der Waals surface area contributed by atoms with Crippen LogP contribution in [0.15, 0.2) is 36.8 Å². The molecule has 5 heteroatoms. The van der Waals surface area contributed by atoms with Crippen LogP contribution < -0.4 is 0 Å². The van der Waals surface area contributed by atoms with E-state index in [0.29, 0.717) is 13.0 Å². The van der Waals surface area contributed by atoms with Gasteiger partial charge in [-0.2, -0.15) is 0 Å². The van der Waals surface area contributed by atoms with Gasteiger partial charge >= 0.3 is 0 Å². The number of nitrogens with zero attached hydrogens (tertiary/aromatic N) is 4. The zero-order valence-electron chi connectivity index (χ0n) is 11.3. The van der Waals surface area contributed by atoms with Crippen LogP contribution in [0.3, 0.4) is 0 Å². The van der Waals surface area contributed by atoms with Gasteiger partial charge in [0.25, 0.3) is 0 Å². The molecule has 102 valence electrons. The van der Waals surface area contributed by atoms with Crippen molar-refractivity contribution in [2.45, 2.75) is 19.9 Å². The van der Waals surface area contributed by atoms with Gasteiger partial charge in [-0.15, -0.1) is 0 Å². The van der Waals surface area contributed by atoms with E-state index in [1.165, 1.54) is 0 Å². The quantitative estimate of drug-likeness (QED) is 0.787. The van der Waals surface area contributed by atoms with Gasteiger partial charge in [0.1, 0.15) is 11.3 Å². The fraction of sp³-hybridized carbons (Fsp3) is 0.267. The highest BCUT2D eigenvalue weighted by Crippen LogP contribution is 2.23. The number of pyridine rings is 2. The van der Waals surface area contributed by atoms with Gasteiger partial charge in [0.15, 0.2) is 5.65 Å². The van der Waals surface area contributed by atoms with Crippen molar-refractivity contribution in [3.63, 3.8) is 0 Å². The van der Waals surface area contributed by atoms with Crippen LogP contribution in [0.25, 0.3) is 22.6 Å². The summed E-state index contributed by atoms with van der Waals surface area (Å²) in [6.07, 6.45) is 6.05. The Morgan fingerprint density at radius 3 is 2.95 bits per heavy atom. The zero-order valence-corrected chi connectivity index (χ0v) is 11.3. The van der Waals surface area contributed by atoms with Crippen LogP contribution in [-0.4, -0.2) is 31.2 Å². The maximum atomic E-state index is 9.08. The molecule has 0 amide bonds. The van der Waals surface area contributed by atoms with Gasteiger partial charge in [-0.05, 0) is 37.1 Å². The summed E-state index contributed by atoms with van der Waals surface area (Å²) in [6.45, 7) is 2.84. The Morgan fingerprint density at radius 1 is 1.30 bits per heavy atom. The van der Waals surface area contributed by atoms with Crippen LogP contribution in [0.4, 0.5) is 0 Å². The number of imidazole rings is 1. The third-order valence-electron chi connectivity index (χ3n) is 3.18. The van der Waals surface area contributed by atoms with E-state index in [4.69, 9.17) is 5.11 Å². The fourth-order valence-electron chi connectivity index (χ4n) is 2.27. The van der Waals surface area contributed by atoms with E-state index in [1.54, 1.807) is 12.4 Å². The minimum Gasteiger partial charge on any atom is -0.396 e. The summed E-state index contributed by atoms with van der Waals surface area (Å²) in [5.74, 6) is 0.847. The molecule has 0 spiro atoms. The van der Waals surface area contributed by atoms with Gasteiger partial charge in [-0.1, -0.05) is 0 Å². The molecule has 0 saturated carbocycles. The number of aliphatic hydroxyl groups excluding tert-OH is 1. The van der Waals surface area contributed by atoms with Gasteiger partial charge < -0.3 is 9.67 Å². The average Bonchev–Trinajstić information content (AvgIpc) is 2.83. The average molecular weight is 268 g/mol. The van der Waals surface area contributed by atoms with Crippen molar-refractivity contribution in [3.05, 3.63) is 42.4 Å². The molecular formula is C15H16N4O. The normalized spacial score (nSPS) is 11.1. The number of hydrogen-bond acceptors (Lipinski definition) is 4. The first-order chi connectivity index (χ1) is 9.79. The minimum atomic E-state index is 0.151. The monoisotopic (exact) mass is 268 g/mol. The number of aryl methyl sites for hydroxylation is 2. The van der Waals surface area contributed by atoms with Crippen molar-refractivity contribution in [2.24, 2.45) is 0 Å². The Balaban J connectivity index is 2.19. The molecule has 0 saturated heterocycles. The van der Waals surface area contributed by atoms with E-state index >= 15 is 0 Å². The Morgan fingerprint density at radius 2 is 2.20 bits per heavy atom. The first-order valence-corrected chi connectivity index (χ1v) is 6.64. The molecule has 0 aromatic carbocycles. The minimum absolute atomic E-state index is 0.151. The molecule has 20 heavy (non-hydrogen) atoms. The molecule has 0 radical (unpaired) electrons. The predicted molar refractivity (Wildman–Crippen MR) is 77.2 cm³/mol. The lowest BCUT2D eigenvalue weighted by Crippen LogP contribution is -2.03. The van der Waals surface area contributed by atoms with Crippen molar-refractivity contribution >= 4 is 11.2 Å². The summed E-state index contributed by atoms with van der Waals surface area (Å²) in [7, 11) is 0. The smallest absolute Gasteiger partial charge is 0.160 e. The van der Waals surface area contributed by atoms with Gasteiger partial charge in [0.2, 0.25) is 0 Å². The summed E-state index contributed by atoms with van der Waals surface area (Å²) < 4.78 is 2.04. The predicted octanol–water partition coefficient (Wildman–Crippen LogP) is 2.18. The third-order valence-corrected chi connectivity index (χ3v) is 3.18. The summed E-state index contributed by atoms with van der Waals surface area (Å²) in [5, 5.41) is 9.08. The summed E-state index contributed by atoms with van der Waals surface area (Å²) >= 11 is 0. The van der Waals surface area contributed by atoms with Crippen molar-refractivity contribution in [1.82, 2.24) is 19.5 Å². The number of aliphatic hydroxyl groups is 1. The molecule has 3 rings (SSSR count). The second-order valence-electron chi connectivity index (χ2n) is 4.76. The number of fused-ring (bicyclic) bond motifs is 1. The lowest BCUT2D eigenvalue weighted by molar-refractivity contribution is 0.280. The Hall–Kier alpha value is -2.27. The van der Waals surface area contributed by atoms with Crippen molar-refractivity contribution < 1.29 is 5.11 Å². The van der Waals surface area contributed by atoms with Crippen molar-refractivity contribution in [3.8, 4) is 11.4 Å². The Bertz CT molecular complexity index is 721. The maximum absolute atomic E-state index is 9.08. The number of rotatable bonds is 4. The van der Waals surface area contributed by atoms with E-state index in [0.717, 1.165) is 28.1 Å². The second-order valence-corrected chi connectivity index (χ2v) is 4.76. The highest BCUT2D eigenvalue weighted by Gasteiger charge is 2.13. The van der Waals surface area contributed by atoms with Crippen LogP contribution in [0.2, 0.25) is 0 Å². The first kappa shape index (κ1) is 12.7. The van der Waals surface area contributed by atoms with Crippen molar-refractivity contribution in [2.75, 3.05) is 6.61 Å². The highest BCUT2D eigenvalue weighted by molar-refractivity contribution is 5.77. The molecule has 1 N–H and O–H groups in total. The molecule has 3 aromatic rings. The van der Waals surface area contributed by atoms with Crippen LogP contribution in [0.1, 0.15) is 12.0 Å². The number of aromatic nitrogens is 4. The van der Waals surface area contributed by atoms with E-state index in [2.05, 4.69) is 15.0 Å². The molecular weight excluding hydrogens is 252 g/mol. The molecule has 0 bridgehead atoms. The largest absolute Gasteiger partial charge is 0.396 e. The molecule has 0 aliphatic carbocycles. The molecule has 3 heterocycles. The van der Waals surface area contributed by atoms with E-state index < -0.39 is 0 Å². The lowest BCUT2D eigenvalue weighted by atomic mass is 10.2. The second kappa shape index (κ2) is 5.38. The SMILES string of the molecule is Cc1cnc2c(c1)nc(-c1cccnc1)n2CCCO. The van der Waals surface area contributed by atoms with E-state index in [-0.39, 0.29) is 6.61 Å². The van der Waals surface area contributed by atoms with Crippen molar-refractivity contribution in [1.29, 1.82) is 0 Å². The van der Waals surface area contributed by atoms with Crippen LogP contribution in [0, 0.1) is 6.92 Å². The summed E-state index contributed by atoms with van der Waals surface area (Å²) in [4.78, 5) is 13.3. The number of hydrogen-bond donors (Lipinski definition) is 1. The van der Waals surface area contributed by atoms with Crippen LogP contribution in [0.5, 0.6) is 0 Å². The molecule has 3 aromatic heterocycles. The van der Waals surface area contributed by atoms with E-state index in [1.807, 2.05) is 35.9 Å². The molecule has 0 fully saturated rings. The fourth-order valence-corrected chi connectivity index (χ4v) is 2.27. The molecule has 0 unspecified atom stereocenters. The van der Waals surface area contributed by atoms with Gasteiger partial charge in [0.05, 0.1) is 0 Å². The Kier molecular flexibility index (Phi) is 3.43. The third kappa shape index (κ3) is 2.28.